The van der Waals surface area contributed by atoms with Crippen molar-refractivity contribution < 1.29 is 34.1 Å². The summed E-state index contributed by atoms with van der Waals surface area (Å²) in [6.07, 6.45) is 4.96. The minimum Gasteiger partial charge on any atom is -0.508 e. The summed E-state index contributed by atoms with van der Waals surface area (Å²) in [5.41, 5.74) is 2.82. The summed E-state index contributed by atoms with van der Waals surface area (Å²) < 4.78 is 6.19. The van der Waals surface area contributed by atoms with Crippen LogP contribution in [0.5, 0.6) is 17.2 Å². The molecule has 3 aliphatic heterocycles. The molecule has 9 nitrogen and oxygen atoms in total. The van der Waals surface area contributed by atoms with E-state index < -0.39 is 35.0 Å². The van der Waals surface area contributed by atoms with Gasteiger partial charge in [0.15, 0.2) is 0 Å². The van der Waals surface area contributed by atoms with Crippen LogP contribution in [0.15, 0.2) is 121 Å². The van der Waals surface area contributed by atoms with Crippen LogP contribution in [0.3, 0.4) is 0 Å². The lowest BCUT2D eigenvalue weighted by Gasteiger charge is -2.51. The van der Waals surface area contributed by atoms with Gasteiger partial charge in [-0.15, -0.1) is 0 Å². The van der Waals surface area contributed by atoms with Crippen LogP contribution in [0.4, 0.5) is 5.69 Å². The molecule has 9 rings (SSSR count). The van der Waals surface area contributed by atoms with E-state index in [2.05, 4.69) is 0 Å². The number of carbonyl (C=O) groups is 4. The first kappa shape index (κ1) is 33.2. The van der Waals surface area contributed by atoms with E-state index >= 15 is 4.79 Å². The smallest absolute Gasteiger partial charge is 0.246 e. The molecule has 0 spiro atoms. The molecule has 2 aliphatic carbocycles. The maximum Gasteiger partial charge on any atom is 0.246 e. The van der Waals surface area contributed by atoms with Crippen molar-refractivity contribution in [2.24, 2.45) is 29.6 Å². The molecule has 0 bridgehead atoms. The number of allylic oxidation sites excluding steroid dienone is 3. The van der Waals surface area contributed by atoms with Gasteiger partial charge in [0, 0.05) is 29.5 Å². The van der Waals surface area contributed by atoms with Crippen LogP contribution in [0.1, 0.15) is 29.5 Å². The Morgan fingerprint density at radius 1 is 0.811 bits per heavy atom. The molecule has 3 fully saturated rings. The Morgan fingerprint density at radius 2 is 1.58 bits per heavy atom. The standard InChI is InChI=1S/C43H35ClN2O7/c44-28-7-4-8-29(21-28)46-40(50)35-22-34-32(14-15-33-37(34)41(51)45(39(33)49)18-17-24-9-11-30(47)12-10-24)38(43(35,42(46)52)27-5-2-1-3-6-27)26-19-25-20-31(48)13-16-36(25)53-23-26/h1-14,16,20-21,23,33-35,37-38,47-48H,15,17-19,22H2. The first-order valence-corrected chi connectivity index (χ1v) is 18.2. The van der Waals surface area contributed by atoms with Crippen molar-refractivity contribution in [3.63, 3.8) is 0 Å². The molecule has 4 amide bonds. The van der Waals surface area contributed by atoms with Crippen LogP contribution in [0.2, 0.25) is 5.02 Å². The van der Waals surface area contributed by atoms with Gasteiger partial charge in [-0.25, -0.2) is 4.90 Å². The molecular formula is C43H35ClN2O7. The lowest BCUT2D eigenvalue weighted by Crippen LogP contribution is -2.55. The number of phenols is 2. The number of phenolic OH excluding ortho intramolecular Hbond substituents is 2. The minimum atomic E-state index is -1.41. The first-order chi connectivity index (χ1) is 25.7. The molecule has 0 aromatic heterocycles. The predicted octanol–water partition coefficient (Wildman–Crippen LogP) is 6.51. The van der Waals surface area contributed by atoms with Gasteiger partial charge >= 0.3 is 0 Å². The van der Waals surface area contributed by atoms with Crippen molar-refractivity contribution in [3.05, 3.63) is 142 Å². The summed E-state index contributed by atoms with van der Waals surface area (Å²) in [5, 5.41) is 20.5. The first-order valence-electron chi connectivity index (χ1n) is 17.9. The molecule has 4 aromatic carbocycles. The lowest BCUT2D eigenvalue weighted by molar-refractivity contribution is -0.140. The average Bonchev–Trinajstić information content (AvgIpc) is 3.54. The van der Waals surface area contributed by atoms with E-state index in [0.29, 0.717) is 41.3 Å². The molecule has 2 saturated heterocycles. The van der Waals surface area contributed by atoms with Crippen molar-refractivity contribution in [3.8, 4) is 17.2 Å². The number of imide groups is 2. The third-order valence-electron chi connectivity index (χ3n) is 12.0. The maximum absolute atomic E-state index is 15.4. The van der Waals surface area contributed by atoms with Crippen molar-refractivity contribution in [2.75, 3.05) is 11.4 Å². The average molecular weight is 727 g/mol. The third kappa shape index (κ3) is 5.05. The zero-order valence-electron chi connectivity index (χ0n) is 28.5. The molecule has 2 N–H and O–H groups in total. The highest BCUT2D eigenvalue weighted by molar-refractivity contribution is 6.32. The number of halogens is 1. The fourth-order valence-corrected chi connectivity index (χ4v) is 9.93. The molecule has 6 unspecified atom stereocenters. The van der Waals surface area contributed by atoms with Gasteiger partial charge in [0.2, 0.25) is 23.6 Å². The normalized spacial score (nSPS) is 27.4. The zero-order valence-corrected chi connectivity index (χ0v) is 29.3. The SMILES string of the molecule is O=C1C2CC=C3C(CC4C(=O)N(c5cccc(Cl)c5)C(=O)C4(c4ccccc4)C3C3=COc4ccc(O)cc4C3)C2C(=O)N1CCc1ccc(O)cc1. The number of rotatable bonds is 6. The van der Waals surface area contributed by atoms with Gasteiger partial charge in [-0.05, 0) is 90.4 Å². The van der Waals surface area contributed by atoms with Crippen molar-refractivity contribution in [1.29, 1.82) is 0 Å². The summed E-state index contributed by atoms with van der Waals surface area (Å²) in [6, 6.07) is 27.7. The number of fused-ring (bicyclic) bond motifs is 5. The number of hydrogen-bond acceptors (Lipinski definition) is 7. The molecule has 1 saturated carbocycles. The summed E-state index contributed by atoms with van der Waals surface area (Å²) in [5.74, 6) is -3.88. The monoisotopic (exact) mass is 726 g/mol. The number of amides is 4. The summed E-state index contributed by atoms with van der Waals surface area (Å²) in [4.78, 5) is 61.4. The number of likely N-dealkylation sites (tertiary alicyclic amines) is 1. The molecule has 3 heterocycles. The maximum atomic E-state index is 15.4. The molecule has 266 valence electrons. The summed E-state index contributed by atoms with van der Waals surface area (Å²) in [6.45, 7) is 0.192. The van der Waals surface area contributed by atoms with Gasteiger partial charge in [-0.1, -0.05) is 71.8 Å². The second-order valence-corrected chi connectivity index (χ2v) is 15.1. The van der Waals surface area contributed by atoms with Crippen LogP contribution >= 0.6 is 11.6 Å². The van der Waals surface area contributed by atoms with Gasteiger partial charge in [0.1, 0.15) is 17.2 Å². The molecule has 0 radical (unpaired) electrons. The number of benzene rings is 4. The van der Waals surface area contributed by atoms with Crippen LogP contribution in [-0.4, -0.2) is 45.3 Å². The van der Waals surface area contributed by atoms with E-state index in [4.69, 9.17) is 16.3 Å². The van der Waals surface area contributed by atoms with E-state index in [1.54, 1.807) is 73.0 Å². The number of nitrogens with zero attached hydrogens (tertiary/aromatic N) is 2. The predicted molar refractivity (Wildman–Crippen MR) is 196 cm³/mol. The van der Waals surface area contributed by atoms with Crippen molar-refractivity contribution in [1.82, 2.24) is 4.90 Å². The second-order valence-electron chi connectivity index (χ2n) is 14.6. The number of carbonyl (C=O) groups excluding carboxylic acids is 4. The quantitative estimate of drug-likeness (QED) is 0.172. The van der Waals surface area contributed by atoms with Crippen LogP contribution in [0, 0.1) is 29.6 Å². The number of hydrogen-bond donors (Lipinski definition) is 2. The van der Waals surface area contributed by atoms with Gasteiger partial charge in [-0.3, -0.25) is 24.1 Å². The zero-order chi connectivity index (χ0) is 36.6. The van der Waals surface area contributed by atoms with E-state index in [1.165, 1.54) is 9.80 Å². The Balaban J connectivity index is 1.19. The largest absolute Gasteiger partial charge is 0.508 e. The summed E-state index contributed by atoms with van der Waals surface area (Å²) >= 11 is 6.42. The Labute approximate surface area is 310 Å². The van der Waals surface area contributed by atoms with Gasteiger partial charge in [0.05, 0.1) is 35.1 Å². The Bertz CT molecular complexity index is 2270. The Kier molecular flexibility index (Phi) is 7.82. The lowest BCUT2D eigenvalue weighted by atomic mass is 9.48. The number of anilines is 1. The highest BCUT2D eigenvalue weighted by Gasteiger charge is 2.70. The van der Waals surface area contributed by atoms with Gasteiger partial charge in [0.25, 0.3) is 0 Å². The van der Waals surface area contributed by atoms with Crippen LogP contribution in [0.25, 0.3) is 0 Å². The number of ether oxygens (including phenoxy) is 1. The van der Waals surface area contributed by atoms with E-state index in [1.807, 2.05) is 36.4 Å². The van der Waals surface area contributed by atoms with Crippen LogP contribution in [-0.2, 0) is 37.4 Å². The molecule has 53 heavy (non-hydrogen) atoms. The highest BCUT2D eigenvalue weighted by Crippen LogP contribution is 2.63. The minimum absolute atomic E-state index is 0.0761. The van der Waals surface area contributed by atoms with E-state index in [-0.39, 0.29) is 48.1 Å². The fourth-order valence-electron chi connectivity index (χ4n) is 9.75. The van der Waals surface area contributed by atoms with Crippen molar-refractivity contribution >= 4 is 40.9 Å². The fraction of sp³-hybridized carbons (Fsp3) is 0.256. The summed E-state index contributed by atoms with van der Waals surface area (Å²) in [7, 11) is 0. The second kappa shape index (κ2) is 12.5. The van der Waals surface area contributed by atoms with Crippen LogP contribution < -0.4 is 9.64 Å². The Morgan fingerprint density at radius 3 is 2.36 bits per heavy atom. The highest BCUT2D eigenvalue weighted by atomic mass is 35.5. The Hall–Kier alpha value is -5.67. The van der Waals surface area contributed by atoms with Crippen molar-refractivity contribution in [2.45, 2.75) is 31.1 Å². The third-order valence-corrected chi connectivity index (χ3v) is 12.2. The molecule has 10 heteroatoms. The van der Waals surface area contributed by atoms with E-state index in [9.17, 15) is 24.6 Å². The molecular weight excluding hydrogens is 692 g/mol. The van der Waals surface area contributed by atoms with E-state index in [0.717, 1.165) is 22.3 Å². The molecule has 5 aliphatic rings. The molecule has 6 atom stereocenters. The molecule has 4 aromatic rings. The topological polar surface area (TPSA) is 124 Å². The van der Waals surface area contributed by atoms with Gasteiger partial charge < -0.3 is 14.9 Å². The number of aromatic hydroxyl groups is 2. The van der Waals surface area contributed by atoms with Gasteiger partial charge in [-0.2, -0.15) is 0 Å².